The maximum atomic E-state index is 6.22. The van der Waals surface area contributed by atoms with E-state index < -0.39 is 0 Å². The summed E-state index contributed by atoms with van der Waals surface area (Å²) in [5, 5.41) is 3.43. The van der Waals surface area contributed by atoms with E-state index in [2.05, 4.69) is 58.8 Å². The van der Waals surface area contributed by atoms with E-state index >= 15 is 0 Å². The largest absolute Gasteiger partial charge is 0.490 e. The van der Waals surface area contributed by atoms with E-state index in [-0.39, 0.29) is 6.10 Å². The van der Waals surface area contributed by atoms with Gasteiger partial charge in [-0.05, 0) is 47.7 Å². The Kier molecular flexibility index (Phi) is 4.64. The van der Waals surface area contributed by atoms with Gasteiger partial charge in [0.2, 0.25) is 0 Å². The molecule has 1 unspecified atom stereocenters. The highest BCUT2D eigenvalue weighted by atomic mass is 16.5. The molecule has 1 aliphatic heterocycles. The molecule has 1 N–H and O–H groups in total. The molecule has 0 aliphatic carbocycles. The monoisotopic (exact) mass is 330 g/mol. The summed E-state index contributed by atoms with van der Waals surface area (Å²) in [6.07, 6.45) is 7.01. The van der Waals surface area contributed by atoms with Crippen molar-refractivity contribution in [3.63, 3.8) is 0 Å². The van der Waals surface area contributed by atoms with Crippen LogP contribution in [-0.4, -0.2) is 11.1 Å². The molecular formula is C22H22N2O. The molecule has 0 amide bonds. The van der Waals surface area contributed by atoms with Crippen molar-refractivity contribution < 1.29 is 4.74 Å². The van der Waals surface area contributed by atoms with Gasteiger partial charge in [0.25, 0.3) is 0 Å². The maximum absolute atomic E-state index is 6.22. The van der Waals surface area contributed by atoms with Crippen molar-refractivity contribution >= 4 is 5.69 Å². The summed E-state index contributed by atoms with van der Waals surface area (Å²) in [5.74, 6) is 1.04. The smallest absolute Gasteiger partial charge is 0.122 e. The van der Waals surface area contributed by atoms with Gasteiger partial charge in [0.1, 0.15) is 11.9 Å². The molecule has 126 valence electrons. The molecule has 0 radical (unpaired) electrons. The average molecular weight is 330 g/mol. The minimum atomic E-state index is 0.274. The highest BCUT2D eigenvalue weighted by molar-refractivity contribution is 5.44. The molecule has 2 aromatic carbocycles. The van der Waals surface area contributed by atoms with E-state index in [4.69, 9.17) is 4.74 Å². The van der Waals surface area contributed by atoms with Gasteiger partial charge in [-0.1, -0.05) is 42.5 Å². The Morgan fingerprint density at radius 1 is 0.960 bits per heavy atom. The number of hydrogen-bond acceptors (Lipinski definition) is 3. The highest BCUT2D eigenvalue weighted by Gasteiger charge is 2.20. The van der Waals surface area contributed by atoms with Crippen molar-refractivity contribution in [3.05, 3.63) is 89.7 Å². The summed E-state index contributed by atoms with van der Waals surface area (Å²) in [6.45, 7) is 0.810. The summed E-state index contributed by atoms with van der Waals surface area (Å²) in [7, 11) is 0. The first-order valence-electron chi connectivity index (χ1n) is 8.83. The lowest BCUT2D eigenvalue weighted by Gasteiger charge is -2.26. The second-order valence-electron chi connectivity index (χ2n) is 6.50. The first-order chi connectivity index (χ1) is 12.4. The Morgan fingerprint density at radius 3 is 2.64 bits per heavy atom. The van der Waals surface area contributed by atoms with Gasteiger partial charge in [-0.2, -0.15) is 0 Å². The third kappa shape index (κ3) is 4.00. The number of fused-ring (bicyclic) bond motifs is 1. The zero-order valence-corrected chi connectivity index (χ0v) is 14.2. The summed E-state index contributed by atoms with van der Waals surface area (Å²) >= 11 is 0. The lowest BCUT2D eigenvalue weighted by atomic mass is 9.96. The van der Waals surface area contributed by atoms with E-state index in [9.17, 15) is 0 Å². The van der Waals surface area contributed by atoms with Gasteiger partial charge in [0.15, 0.2) is 0 Å². The van der Waals surface area contributed by atoms with Gasteiger partial charge in [-0.15, -0.1) is 0 Å². The quantitative estimate of drug-likeness (QED) is 0.740. The van der Waals surface area contributed by atoms with Crippen LogP contribution < -0.4 is 10.1 Å². The van der Waals surface area contributed by atoms with Gasteiger partial charge >= 0.3 is 0 Å². The van der Waals surface area contributed by atoms with Crippen LogP contribution >= 0.6 is 0 Å². The number of nitrogens with zero attached hydrogens (tertiary/aromatic N) is 1. The molecule has 4 rings (SSSR count). The van der Waals surface area contributed by atoms with Crippen molar-refractivity contribution in [1.82, 2.24) is 4.98 Å². The van der Waals surface area contributed by atoms with Gasteiger partial charge in [0.05, 0.1) is 0 Å². The number of anilines is 1. The third-order valence-electron chi connectivity index (χ3n) is 4.64. The topological polar surface area (TPSA) is 34.2 Å². The number of benzene rings is 2. The van der Waals surface area contributed by atoms with Crippen LogP contribution in [0.4, 0.5) is 5.69 Å². The van der Waals surface area contributed by atoms with Gasteiger partial charge in [-0.3, -0.25) is 4.98 Å². The lowest BCUT2D eigenvalue weighted by Crippen LogP contribution is -2.25. The van der Waals surface area contributed by atoms with Crippen LogP contribution in [0.5, 0.6) is 5.75 Å². The molecule has 0 spiro atoms. The summed E-state index contributed by atoms with van der Waals surface area (Å²) < 4.78 is 6.22. The predicted octanol–water partition coefficient (Wildman–Crippen LogP) is 4.63. The first kappa shape index (κ1) is 15.7. The second-order valence-corrected chi connectivity index (χ2v) is 6.50. The molecule has 25 heavy (non-hydrogen) atoms. The fraction of sp³-hybridized carbons (Fsp3) is 0.227. The number of rotatable bonds is 5. The lowest BCUT2D eigenvalue weighted by molar-refractivity contribution is 0.174. The molecule has 0 bridgehead atoms. The molecule has 1 aromatic heterocycles. The Morgan fingerprint density at radius 2 is 1.80 bits per heavy atom. The van der Waals surface area contributed by atoms with E-state index in [0.29, 0.717) is 0 Å². The van der Waals surface area contributed by atoms with Crippen molar-refractivity contribution in [3.8, 4) is 5.75 Å². The van der Waals surface area contributed by atoms with Crippen molar-refractivity contribution in [2.24, 2.45) is 0 Å². The number of aromatic nitrogens is 1. The number of hydrogen-bond donors (Lipinski definition) is 1. The number of pyridine rings is 1. The van der Waals surface area contributed by atoms with Crippen molar-refractivity contribution in [2.45, 2.75) is 31.9 Å². The second kappa shape index (κ2) is 7.39. The molecule has 1 atom stereocenters. The summed E-state index contributed by atoms with van der Waals surface area (Å²) in [6, 6.07) is 21.1. The normalized spacial score (nSPS) is 15.9. The zero-order chi connectivity index (χ0) is 16.9. The van der Waals surface area contributed by atoms with Crippen LogP contribution in [0.15, 0.2) is 73.1 Å². The Labute approximate surface area is 148 Å². The van der Waals surface area contributed by atoms with E-state index in [0.717, 1.165) is 37.2 Å². The summed E-state index contributed by atoms with van der Waals surface area (Å²) in [5.41, 5.74) is 5.03. The van der Waals surface area contributed by atoms with E-state index in [1.54, 1.807) is 12.4 Å². The fourth-order valence-corrected chi connectivity index (χ4v) is 3.30. The van der Waals surface area contributed by atoms with Crippen molar-refractivity contribution in [2.75, 3.05) is 5.32 Å². The van der Waals surface area contributed by atoms with E-state index in [1.165, 1.54) is 16.7 Å². The molecular weight excluding hydrogens is 308 g/mol. The molecule has 1 aliphatic rings. The Hall–Kier alpha value is -2.81. The molecule has 0 saturated carbocycles. The fourth-order valence-electron chi connectivity index (χ4n) is 3.30. The minimum Gasteiger partial charge on any atom is -0.490 e. The molecule has 2 heterocycles. The van der Waals surface area contributed by atoms with Gasteiger partial charge in [-0.25, -0.2) is 0 Å². The zero-order valence-electron chi connectivity index (χ0n) is 14.2. The van der Waals surface area contributed by atoms with E-state index in [1.807, 2.05) is 12.1 Å². The Bertz CT molecular complexity index is 818. The van der Waals surface area contributed by atoms with Crippen LogP contribution in [-0.2, 0) is 19.4 Å². The highest BCUT2D eigenvalue weighted by Crippen LogP contribution is 2.30. The predicted molar refractivity (Wildman–Crippen MR) is 101 cm³/mol. The minimum absolute atomic E-state index is 0.274. The van der Waals surface area contributed by atoms with Crippen LogP contribution in [0.25, 0.3) is 0 Å². The summed E-state index contributed by atoms with van der Waals surface area (Å²) in [4.78, 5) is 4.04. The molecule has 3 nitrogen and oxygen atoms in total. The SMILES string of the molecule is c1ccc(CC2CCc3cc(CNc4ccncc4)ccc3O2)cc1. The third-order valence-corrected chi connectivity index (χ3v) is 4.64. The van der Waals surface area contributed by atoms with Crippen LogP contribution in [0.2, 0.25) is 0 Å². The average Bonchev–Trinajstić information content (AvgIpc) is 2.68. The number of aryl methyl sites for hydroxylation is 1. The molecule has 0 fully saturated rings. The first-order valence-corrected chi connectivity index (χ1v) is 8.83. The number of ether oxygens (including phenoxy) is 1. The van der Waals surface area contributed by atoms with Crippen LogP contribution in [0, 0.1) is 0 Å². The van der Waals surface area contributed by atoms with Gasteiger partial charge in [0, 0.05) is 31.0 Å². The van der Waals surface area contributed by atoms with Crippen LogP contribution in [0.1, 0.15) is 23.1 Å². The standard InChI is InChI=1S/C22H22N2O/c1-2-4-17(5-3-1)15-21-8-7-19-14-18(6-9-22(19)25-21)16-24-20-10-12-23-13-11-20/h1-6,9-14,21H,7-8,15-16H2,(H,23,24). The van der Waals surface area contributed by atoms with Gasteiger partial charge < -0.3 is 10.1 Å². The maximum Gasteiger partial charge on any atom is 0.122 e. The van der Waals surface area contributed by atoms with Crippen molar-refractivity contribution in [1.29, 1.82) is 0 Å². The van der Waals surface area contributed by atoms with Crippen LogP contribution in [0.3, 0.4) is 0 Å². The Balaban J connectivity index is 1.39. The molecule has 3 heteroatoms. The molecule has 0 saturated heterocycles. The number of nitrogens with one attached hydrogen (secondary N) is 1. The molecule has 3 aromatic rings.